The van der Waals surface area contributed by atoms with Gasteiger partial charge in [0.05, 0.1) is 13.7 Å². The first kappa shape index (κ1) is 13.4. The maximum Gasteiger partial charge on any atom is 0.344 e. The lowest BCUT2D eigenvalue weighted by Gasteiger charge is -2.20. The number of aliphatic hydroxyl groups excluding tert-OH is 1. The van der Waals surface area contributed by atoms with E-state index in [4.69, 9.17) is 14.6 Å². The Labute approximate surface area is 100 Å². The van der Waals surface area contributed by atoms with Crippen molar-refractivity contribution < 1.29 is 19.4 Å². The molecule has 0 spiro atoms. The van der Waals surface area contributed by atoms with E-state index in [1.807, 2.05) is 0 Å². The molecule has 0 unspecified atom stereocenters. The number of pyridine rings is 1. The second-order valence-electron chi connectivity index (χ2n) is 4.56. The molecule has 0 aromatic carbocycles. The van der Waals surface area contributed by atoms with Crippen LogP contribution in [0, 0.1) is 0 Å². The second-order valence-corrected chi connectivity index (χ2v) is 4.56. The summed E-state index contributed by atoms with van der Waals surface area (Å²) in [5.74, 6) is -0.325. The normalized spacial score (nSPS) is 11.1. The largest absolute Gasteiger partial charge is 0.480 e. The maximum atomic E-state index is 11.9. The highest BCUT2D eigenvalue weighted by Gasteiger charge is 2.22. The van der Waals surface area contributed by atoms with Crippen LogP contribution in [0.1, 0.15) is 36.7 Å². The van der Waals surface area contributed by atoms with Crippen LogP contribution in [0.15, 0.2) is 12.3 Å². The Kier molecular flexibility index (Phi) is 4.07. The van der Waals surface area contributed by atoms with Crippen molar-refractivity contribution in [3.8, 4) is 5.88 Å². The first-order valence-corrected chi connectivity index (χ1v) is 5.24. The smallest absolute Gasteiger partial charge is 0.344 e. The summed E-state index contributed by atoms with van der Waals surface area (Å²) in [7, 11) is 1.43. The van der Waals surface area contributed by atoms with Crippen LogP contribution in [0.3, 0.4) is 0 Å². The molecule has 0 aliphatic rings. The predicted molar refractivity (Wildman–Crippen MR) is 61.9 cm³/mol. The van der Waals surface area contributed by atoms with Crippen LogP contribution < -0.4 is 4.74 Å². The molecule has 0 saturated heterocycles. The molecule has 0 aliphatic carbocycles. The summed E-state index contributed by atoms with van der Waals surface area (Å²) in [6.45, 7) is 5.15. The van der Waals surface area contributed by atoms with Crippen molar-refractivity contribution in [2.24, 2.45) is 0 Å². The van der Waals surface area contributed by atoms with Gasteiger partial charge in [-0.05, 0) is 32.4 Å². The van der Waals surface area contributed by atoms with E-state index in [0.29, 0.717) is 5.56 Å². The van der Waals surface area contributed by atoms with Crippen molar-refractivity contribution in [3.05, 3.63) is 23.4 Å². The molecule has 5 heteroatoms. The summed E-state index contributed by atoms with van der Waals surface area (Å²) in [6, 6.07) is 1.51. The quantitative estimate of drug-likeness (QED) is 0.810. The van der Waals surface area contributed by atoms with Crippen LogP contribution in [0.2, 0.25) is 0 Å². The van der Waals surface area contributed by atoms with Gasteiger partial charge >= 0.3 is 5.97 Å². The fourth-order valence-corrected chi connectivity index (χ4v) is 1.22. The highest BCUT2D eigenvalue weighted by Crippen LogP contribution is 2.20. The van der Waals surface area contributed by atoms with Gasteiger partial charge in [-0.2, -0.15) is 0 Å². The minimum Gasteiger partial charge on any atom is -0.480 e. The van der Waals surface area contributed by atoms with Gasteiger partial charge in [-0.1, -0.05) is 0 Å². The Morgan fingerprint density at radius 2 is 2.12 bits per heavy atom. The number of hydrogen-bond donors (Lipinski definition) is 1. The molecular formula is C12H17NO4. The molecule has 1 rings (SSSR count). The molecule has 17 heavy (non-hydrogen) atoms. The minimum atomic E-state index is -0.586. The number of hydrogen-bond acceptors (Lipinski definition) is 5. The summed E-state index contributed by atoms with van der Waals surface area (Å²) in [4.78, 5) is 15.8. The SMILES string of the molecule is COc1ncc(CO)cc1C(=O)OC(C)(C)C. The van der Waals surface area contributed by atoms with Gasteiger partial charge in [0.15, 0.2) is 0 Å². The molecule has 5 nitrogen and oxygen atoms in total. The molecule has 1 aromatic rings. The van der Waals surface area contributed by atoms with E-state index in [1.54, 1.807) is 20.8 Å². The van der Waals surface area contributed by atoms with Gasteiger partial charge in [0.25, 0.3) is 0 Å². The number of nitrogens with zero attached hydrogens (tertiary/aromatic N) is 1. The Morgan fingerprint density at radius 3 is 2.59 bits per heavy atom. The van der Waals surface area contributed by atoms with Gasteiger partial charge in [-0.25, -0.2) is 9.78 Å². The van der Waals surface area contributed by atoms with E-state index in [2.05, 4.69) is 4.98 Å². The third-order valence-electron chi connectivity index (χ3n) is 1.90. The lowest BCUT2D eigenvalue weighted by molar-refractivity contribution is 0.00655. The van der Waals surface area contributed by atoms with Crippen LogP contribution in [-0.2, 0) is 11.3 Å². The fraction of sp³-hybridized carbons (Fsp3) is 0.500. The van der Waals surface area contributed by atoms with Crippen LogP contribution in [0.4, 0.5) is 0 Å². The van der Waals surface area contributed by atoms with Gasteiger partial charge in [0.2, 0.25) is 5.88 Å². The standard InChI is InChI=1S/C12H17NO4/c1-12(2,3)17-11(15)9-5-8(7-14)6-13-10(9)16-4/h5-6,14H,7H2,1-4H3. The third-order valence-corrected chi connectivity index (χ3v) is 1.90. The van der Waals surface area contributed by atoms with Crippen LogP contribution in [0.25, 0.3) is 0 Å². The molecule has 0 fully saturated rings. The minimum absolute atomic E-state index is 0.188. The summed E-state index contributed by atoms with van der Waals surface area (Å²) < 4.78 is 10.2. The van der Waals surface area contributed by atoms with Crippen molar-refractivity contribution in [3.63, 3.8) is 0 Å². The summed E-state index contributed by atoms with van der Waals surface area (Å²) in [5, 5.41) is 9.01. The molecular weight excluding hydrogens is 222 g/mol. The number of ether oxygens (including phenoxy) is 2. The van der Waals surface area contributed by atoms with Gasteiger partial charge in [0, 0.05) is 6.20 Å². The highest BCUT2D eigenvalue weighted by atomic mass is 16.6. The van der Waals surface area contributed by atoms with E-state index in [9.17, 15) is 4.79 Å². The molecule has 0 bridgehead atoms. The average Bonchev–Trinajstić information content (AvgIpc) is 2.25. The maximum absolute atomic E-state index is 11.9. The van der Waals surface area contributed by atoms with Crippen molar-refractivity contribution in [1.29, 1.82) is 0 Å². The van der Waals surface area contributed by atoms with Crippen LogP contribution in [0.5, 0.6) is 5.88 Å². The van der Waals surface area contributed by atoms with Crippen LogP contribution in [-0.4, -0.2) is 28.8 Å². The molecule has 0 aliphatic heterocycles. The number of methoxy groups -OCH3 is 1. The van der Waals surface area contributed by atoms with E-state index in [1.165, 1.54) is 19.4 Å². The first-order chi connectivity index (χ1) is 7.87. The molecule has 94 valence electrons. The Bertz CT molecular complexity index is 409. The van der Waals surface area contributed by atoms with E-state index >= 15 is 0 Å². The number of esters is 1. The zero-order chi connectivity index (χ0) is 13.1. The van der Waals surface area contributed by atoms with Crippen LogP contribution >= 0.6 is 0 Å². The third kappa shape index (κ3) is 3.71. The summed E-state index contributed by atoms with van der Waals surface area (Å²) in [6.07, 6.45) is 1.45. The number of carbonyl (C=O) groups excluding carboxylic acids is 1. The monoisotopic (exact) mass is 239 g/mol. The summed E-state index contributed by atoms with van der Waals surface area (Å²) in [5.41, 5.74) is 0.165. The van der Waals surface area contributed by atoms with Crippen molar-refractivity contribution in [2.45, 2.75) is 33.0 Å². The molecule has 0 amide bonds. The number of aliphatic hydroxyl groups is 1. The molecule has 0 radical (unpaired) electrons. The molecule has 0 atom stereocenters. The molecule has 1 aromatic heterocycles. The Hall–Kier alpha value is -1.62. The fourth-order valence-electron chi connectivity index (χ4n) is 1.22. The van der Waals surface area contributed by atoms with Gasteiger partial charge in [-0.15, -0.1) is 0 Å². The topological polar surface area (TPSA) is 68.7 Å². The summed E-state index contributed by atoms with van der Waals surface area (Å²) >= 11 is 0. The number of rotatable bonds is 3. The van der Waals surface area contributed by atoms with Gasteiger partial charge in [0.1, 0.15) is 11.2 Å². The Balaban J connectivity index is 3.05. The zero-order valence-electron chi connectivity index (χ0n) is 10.5. The molecule has 1 N–H and O–H groups in total. The zero-order valence-corrected chi connectivity index (χ0v) is 10.5. The predicted octanol–water partition coefficient (Wildman–Crippen LogP) is 1.54. The van der Waals surface area contributed by atoms with Gasteiger partial charge in [-0.3, -0.25) is 0 Å². The lowest BCUT2D eigenvalue weighted by atomic mass is 10.1. The first-order valence-electron chi connectivity index (χ1n) is 5.24. The van der Waals surface area contributed by atoms with Gasteiger partial charge < -0.3 is 14.6 Å². The molecule has 0 saturated carbocycles. The average molecular weight is 239 g/mol. The Morgan fingerprint density at radius 1 is 1.47 bits per heavy atom. The number of aromatic nitrogens is 1. The van der Waals surface area contributed by atoms with Crippen molar-refractivity contribution in [1.82, 2.24) is 4.98 Å². The second kappa shape index (κ2) is 5.14. The lowest BCUT2D eigenvalue weighted by Crippen LogP contribution is -2.24. The highest BCUT2D eigenvalue weighted by molar-refractivity contribution is 5.92. The van der Waals surface area contributed by atoms with E-state index in [0.717, 1.165) is 0 Å². The van der Waals surface area contributed by atoms with E-state index < -0.39 is 11.6 Å². The molecule has 1 heterocycles. The number of carbonyl (C=O) groups is 1. The van der Waals surface area contributed by atoms with Crippen molar-refractivity contribution >= 4 is 5.97 Å². The van der Waals surface area contributed by atoms with E-state index in [-0.39, 0.29) is 18.1 Å². The van der Waals surface area contributed by atoms with Crippen molar-refractivity contribution in [2.75, 3.05) is 7.11 Å².